The normalized spacial score (nSPS) is 29.2. The minimum atomic E-state index is -0.317. The number of carbonyl (C=O) groups excluding carboxylic acids is 2. The number of hydrogen-bond acceptors (Lipinski definition) is 3. The fourth-order valence-electron chi connectivity index (χ4n) is 2.38. The van der Waals surface area contributed by atoms with Gasteiger partial charge in [-0.3, -0.25) is 9.59 Å². The summed E-state index contributed by atoms with van der Waals surface area (Å²) in [7, 11) is 0. The van der Waals surface area contributed by atoms with Crippen LogP contribution in [0.4, 0.5) is 0 Å². The van der Waals surface area contributed by atoms with E-state index in [1.807, 2.05) is 0 Å². The second-order valence-corrected chi connectivity index (χ2v) is 4.54. The molecule has 2 aliphatic heterocycles. The molecular weight excluding hydrogens is 242 g/mol. The molecule has 2 atom stereocenters. The summed E-state index contributed by atoms with van der Waals surface area (Å²) in [6, 6.07) is -0.317. The quantitative estimate of drug-likeness (QED) is 0.685. The van der Waals surface area contributed by atoms with Crippen LogP contribution in [-0.4, -0.2) is 48.9 Å². The maximum Gasteiger partial charge on any atom is 0.242 e. The number of amides is 2. The third-order valence-electron chi connectivity index (χ3n) is 3.43. The van der Waals surface area contributed by atoms with Gasteiger partial charge in [0, 0.05) is 19.6 Å². The van der Waals surface area contributed by atoms with Gasteiger partial charge in [-0.1, -0.05) is 0 Å². The number of piperidine rings is 1. The summed E-state index contributed by atoms with van der Waals surface area (Å²) in [5.41, 5.74) is 0. The first-order valence-corrected chi connectivity index (χ1v) is 5.99. The van der Waals surface area contributed by atoms with E-state index in [-0.39, 0.29) is 36.2 Å². The Morgan fingerprint density at radius 3 is 2.82 bits per heavy atom. The third-order valence-corrected chi connectivity index (χ3v) is 3.43. The number of halogens is 1. The van der Waals surface area contributed by atoms with Gasteiger partial charge in [-0.05, 0) is 26.3 Å². The molecule has 2 aliphatic rings. The van der Waals surface area contributed by atoms with Crippen molar-refractivity contribution >= 4 is 24.2 Å². The van der Waals surface area contributed by atoms with Gasteiger partial charge in [-0.2, -0.15) is 0 Å². The first-order chi connectivity index (χ1) is 7.70. The summed E-state index contributed by atoms with van der Waals surface area (Å²) in [5, 5.41) is 6.00. The monoisotopic (exact) mass is 261 g/mol. The van der Waals surface area contributed by atoms with Crippen molar-refractivity contribution in [2.45, 2.75) is 25.8 Å². The summed E-state index contributed by atoms with van der Waals surface area (Å²) in [6.07, 6.45) is 1.99. The van der Waals surface area contributed by atoms with E-state index in [2.05, 4.69) is 10.6 Å². The van der Waals surface area contributed by atoms with Crippen LogP contribution in [0.5, 0.6) is 0 Å². The van der Waals surface area contributed by atoms with Crippen molar-refractivity contribution in [1.82, 2.24) is 15.5 Å². The zero-order chi connectivity index (χ0) is 11.5. The highest BCUT2D eigenvalue weighted by atomic mass is 35.5. The molecule has 0 bridgehead atoms. The summed E-state index contributed by atoms with van der Waals surface area (Å²) >= 11 is 0. The van der Waals surface area contributed by atoms with E-state index in [9.17, 15) is 9.59 Å². The lowest BCUT2D eigenvalue weighted by Gasteiger charge is -2.36. The molecule has 0 aliphatic carbocycles. The Balaban J connectivity index is 0.00000144. The highest BCUT2D eigenvalue weighted by Gasteiger charge is 2.33. The van der Waals surface area contributed by atoms with Crippen molar-refractivity contribution in [1.29, 1.82) is 0 Å². The van der Waals surface area contributed by atoms with Gasteiger partial charge < -0.3 is 15.5 Å². The largest absolute Gasteiger partial charge is 0.353 e. The molecular formula is C11H20ClN3O2. The molecule has 2 saturated heterocycles. The van der Waals surface area contributed by atoms with E-state index in [0.29, 0.717) is 13.1 Å². The molecule has 2 fully saturated rings. The van der Waals surface area contributed by atoms with Gasteiger partial charge in [0.15, 0.2) is 0 Å². The first kappa shape index (κ1) is 14.3. The number of nitrogens with one attached hydrogen (secondary N) is 2. The van der Waals surface area contributed by atoms with Gasteiger partial charge in [0.2, 0.25) is 11.8 Å². The molecule has 17 heavy (non-hydrogen) atoms. The minimum absolute atomic E-state index is 0. The van der Waals surface area contributed by atoms with E-state index in [1.165, 1.54) is 0 Å². The molecule has 6 heteroatoms. The topological polar surface area (TPSA) is 61.4 Å². The summed E-state index contributed by atoms with van der Waals surface area (Å²) in [4.78, 5) is 25.4. The maximum absolute atomic E-state index is 12.2. The van der Waals surface area contributed by atoms with Crippen LogP contribution in [0.15, 0.2) is 0 Å². The standard InChI is InChI=1S/C11H19N3O2.ClH/c1-8-10(15)13-5-6-14(8)11(16)9-3-2-4-12-7-9;/h8-9,12H,2-7H2,1H3,(H,13,15);1H/t8?,9-;/m1./s1. The van der Waals surface area contributed by atoms with E-state index >= 15 is 0 Å². The second kappa shape index (κ2) is 6.21. The van der Waals surface area contributed by atoms with Gasteiger partial charge in [0.05, 0.1) is 5.92 Å². The molecule has 1 unspecified atom stereocenters. The molecule has 0 spiro atoms. The van der Waals surface area contributed by atoms with Crippen LogP contribution < -0.4 is 10.6 Å². The Hall–Kier alpha value is -0.810. The van der Waals surface area contributed by atoms with Gasteiger partial charge in [-0.25, -0.2) is 0 Å². The van der Waals surface area contributed by atoms with E-state index < -0.39 is 0 Å². The van der Waals surface area contributed by atoms with Crippen LogP contribution in [0.1, 0.15) is 19.8 Å². The van der Waals surface area contributed by atoms with E-state index in [0.717, 1.165) is 25.9 Å². The zero-order valence-corrected chi connectivity index (χ0v) is 10.9. The lowest BCUT2D eigenvalue weighted by molar-refractivity contribution is -0.145. The first-order valence-electron chi connectivity index (χ1n) is 5.99. The van der Waals surface area contributed by atoms with Crippen LogP contribution in [0, 0.1) is 5.92 Å². The Labute approximate surface area is 108 Å². The van der Waals surface area contributed by atoms with Crippen molar-refractivity contribution in [3.8, 4) is 0 Å². The van der Waals surface area contributed by atoms with E-state index in [4.69, 9.17) is 0 Å². The second-order valence-electron chi connectivity index (χ2n) is 4.54. The molecule has 0 aromatic rings. The van der Waals surface area contributed by atoms with Crippen LogP contribution in [-0.2, 0) is 9.59 Å². The van der Waals surface area contributed by atoms with Gasteiger partial charge in [-0.15, -0.1) is 12.4 Å². The number of nitrogens with zero attached hydrogens (tertiary/aromatic N) is 1. The minimum Gasteiger partial charge on any atom is -0.353 e. The van der Waals surface area contributed by atoms with Crippen LogP contribution in [0.2, 0.25) is 0 Å². The fraction of sp³-hybridized carbons (Fsp3) is 0.818. The fourth-order valence-corrected chi connectivity index (χ4v) is 2.38. The molecule has 0 saturated carbocycles. The number of hydrogen-bond donors (Lipinski definition) is 2. The number of piperazine rings is 1. The molecule has 0 aromatic heterocycles. The molecule has 2 amide bonds. The zero-order valence-electron chi connectivity index (χ0n) is 10.1. The molecule has 2 heterocycles. The van der Waals surface area contributed by atoms with Crippen molar-refractivity contribution in [2.24, 2.45) is 5.92 Å². The highest BCUT2D eigenvalue weighted by Crippen LogP contribution is 2.16. The maximum atomic E-state index is 12.2. The highest BCUT2D eigenvalue weighted by molar-refractivity contribution is 5.89. The molecule has 2 rings (SSSR count). The SMILES string of the molecule is CC1C(=O)NCCN1C(=O)[C@@H]1CCCNC1.Cl. The van der Waals surface area contributed by atoms with Crippen LogP contribution >= 0.6 is 12.4 Å². The molecule has 5 nitrogen and oxygen atoms in total. The van der Waals surface area contributed by atoms with Gasteiger partial charge in [0.25, 0.3) is 0 Å². The Bertz CT molecular complexity index is 292. The number of rotatable bonds is 1. The van der Waals surface area contributed by atoms with Crippen molar-refractivity contribution in [3.63, 3.8) is 0 Å². The van der Waals surface area contributed by atoms with Crippen molar-refractivity contribution < 1.29 is 9.59 Å². The molecule has 0 radical (unpaired) electrons. The average molecular weight is 262 g/mol. The summed E-state index contributed by atoms with van der Waals surface area (Å²) in [6.45, 7) is 4.77. The Morgan fingerprint density at radius 1 is 1.41 bits per heavy atom. The number of carbonyl (C=O) groups is 2. The third kappa shape index (κ3) is 3.10. The lowest BCUT2D eigenvalue weighted by Crippen LogP contribution is -2.58. The molecule has 98 valence electrons. The lowest BCUT2D eigenvalue weighted by atomic mass is 9.97. The molecule has 0 aromatic carbocycles. The average Bonchev–Trinajstić information content (AvgIpc) is 2.33. The summed E-state index contributed by atoms with van der Waals surface area (Å²) in [5.74, 6) is 0.153. The van der Waals surface area contributed by atoms with Crippen LogP contribution in [0.25, 0.3) is 0 Å². The Morgan fingerprint density at radius 2 is 2.18 bits per heavy atom. The van der Waals surface area contributed by atoms with Crippen molar-refractivity contribution in [3.05, 3.63) is 0 Å². The predicted octanol–water partition coefficient (Wildman–Crippen LogP) is -0.245. The predicted molar refractivity (Wildman–Crippen MR) is 67.0 cm³/mol. The Kier molecular flexibility index (Phi) is 5.21. The van der Waals surface area contributed by atoms with Crippen molar-refractivity contribution in [2.75, 3.05) is 26.2 Å². The summed E-state index contributed by atoms with van der Waals surface area (Å²) < 4.78 is 0. The molecule has 2 N–H and O–H groups in total. The smallest absolute Gasteiger partial charge is 0.242 e. The van der Waals surface area contributed by atoms with E-state index in [1.54, 1.807) is 11.8 Å². The van der Waals surface area contributed by atoms with Gasteiger partial charge >= 0.3 is 0 Å². The van der Waals surface area contributed by atoms with Gasteiger partial charge in [0.1, 0.15) is 6.04 Å². The van der Waals surface area contributed by atoms with Crippen LogP contribution in [0.3, 0.4) is 0 Å².